The highest BCUT2D eigenvalue weighted by atomic mass is 16.5. The molecule has 1 aromatic rings. The van der Waals surface area contributed by atoms with E-state index in [9.17, 15) is 5.11 Å². The third-order valence-electron chi connectivity index (χ3n) is 3.00. The highest BCUT2D eigenvalue weighted by Crippen LogP contribution is 2.45. The summed E-state index contributed by atoms with van der Waals surface area (Å²) in [5.74, 6) is 1.48. The Labute approximate surface area is 84.5 Å². The molecule has 76 valence electrons. The molecule has 0 spiro atoms. The van der Waals surface area contributed by atoms with E-state index < -0.39 is 5.60 Å². The fraction of sp³-hybridized carbons (Fsp3) is 0.500. The molecule has 1 saturated carbocycles. The van der Waals surface area contributed by atoms with Gasteiger partial charge in [-0.3, -0.25) is 0 Å². The second kappa shape index (κ2) is 3.28. The summed E-state index contributed by atoms with van der Waals surface area (Å²) in [4.78, 5) is 0. The molecule has 0 radical (unpaired) electrons. The maximum Gasteiger partial charge on any atom is 0.118 e. The second-order valence-electron chi connectivity index (χ2n) is 4.27. The van der Waals surface area contributed by atoms with Crippen LogP contribution in [-0.2, 0) is 5.60 Å². The first-order chi connectivity index (χ1) is 6.64. The van der Waals surface area contributed by atoms with Crippen molar-refractivity contribution < 1.29 is 9.84 Å². The van der Waals surface area contributed by atoms with Crippen molar-refractivity contribution in [3.63, 3.8) is 0 Å². The predicted octanol–water partition coefficient (Wildman–Crippen LogP) is 2.31. The highest BCUT2D eigenvalue weighted by Gasteiger charge is 2.41. The topological polar surface area (TPSA) is 29.5 Å². The lowest BCUT2D eigenvalue weighted by Crippen LogP contribution is -2.39. The molecule has 1 N–H and O–H groups in total. The molecule has 0 unspecified atom stereocenters. The molecule has 0 aliphatic heterocycles. The average Bonchev–Trinajstić information content (AvgIpc) is 2.16. The molecule has 1 aliphatic rings. The summed E-state index contributed by atoms with van der Waals surface area (Å²) in [6.07, 6.45) is 1.75. The van der Waals surface area contributed by atoms with Crippen molar-refractivity contribution in [2.24, 2.45) is 5.92 Å². The van der Waals surface area contributed by atoms with E-state index in [4.69, 9.17) is 4.74 Å². The summed E-state index contributed by atoms with van der Waals surface area (Å²) in [7, 11) is 1.65. The minimum Gasteiger partial charge on any atom is -0.497 e. The molecule has 2 heteroatoms. The van der Waals surface area contributed by atoms with E-state index in [1.807, 2.05) is 24.3 Å². The summed E-state index contributed by atoms with van der Waals surface area (Å²) < 4.78 is 5.07. The van der Waals surface area contributed by atoms with E-state index in [1.165, 1.54) is 0 Å². The maximum atomic E-state index is 10.2. The summed E-state index contributed by atoms with van der Waals surface area (Å²) in [5, 5.41) is 10.2. The van der Waals surface area contributed by atoms with Crippen LogP contribution in [0.1, 0.15) is 25.3 Å². The first-order valence-electron chi connectivity index (χ1n) is 5.01. The SMILES string of the molecule is COc1ccc(C2(O)CC(C)C2)cc1. The Balaban J connectivity index is 2.17. The van der Waals surface area contributed by atoms with Crippen LogP contribution in [0.15, 0.2) is 24.3 Å². The third-order valence-corrected chi connectivity index (χ3v) is 3.00. The van der Waals surface area contributed by atoms with Crippen LogP contribution in [0, 0.1) is 5.92 Å². The van der Waals surface area contributed by atoms with Gasteiger partial charge < -0.3 is 9.84 Å². The van der Waals surface area contributed by atoms with Crippen LogP contribution in [0.2, 0.25) is 0 Å². The standard InChI is InChI=1S/C12H16O2/c1-9-7-12(13,8-9)10-3-5-11(14-2)6-4-10/h3-6,9,13H,7-8H2,1-2H3. The van der Waals surface area contributed by atoms with Crippen molar-refractivity contribution in [1.29, 1.82) is 0 Å². The molecule has 1 aromatic carbocycles. The molecule has 0 aromatic heterocycles. The van der Waals surface area contributed by atoms with Gasteiger partial charge in [0.2, 0.25) is 0 Å². The Morgan fingerprint density at radius 1 is 1.29 bits per heavy atom. The van der Waals surface area contributed by atoms with E-state index in [-0.39, 0.29) is 0 Å². The van der Waals surface area contributed by atoms with Gasteiger partial charge in [-0.1, -0.05) is 19.1 Å². The Morgan fingerprint density at radius 2 is 1.86 bits per heavy atom. The minimum atomic E-state index is -0.578. The molecule has 2 nitrogen and oxygen atoms in total. The normalized spacial score (nSPS) is 30.9. The first-order valence-corrected chi connectivity index (χ1v) is 5.01. The van der Waals surface area contributed by atoms with Crippen LogP contribution in [0.4, 0.5) is 0 Å². The van der Waals surface area contributed by atoms with Crippen LogP contribution < -0.4 is 4.74 Å². The number of rotatable bonds is 2. The average molecular weight is 192 g/mol. The van der Waals surface area contributed by atoms with E-state index in [1.54, 1.807) is 7.11 Å². The third kappa shape index (κ3) is 1.50. The molecule has 2 rings (SSSR count). The fourth-order valence-corrected chi connectivity index (χ4v) is 2.23. The highest BCUT2D eigenvalue weighted by molar-refractivity contribution is 5.32. The van der Waals surface area contributed by atoms with Gasteiger partial charge in [-0.2, -0.15) is 0 Å². The lowest BCUT2D eigenvalue weighted by molar-refractivity contribution is -0.0738. The van der Waals surface area contributed by atoms with Crippen molar-refractivity contribution in [2.75, 3.05) is 7.11 Å². The summed E-state index contributed by atoms with van der Waals surface area (Å²) in [6, 6.07) is 7.70. The molecule has 0 saturated heterocycles. The van der Waals surface area contributed by atoms with E-state index in [0.29, 0.717) is 5.92 Å². The molecule has 0 heterocycles. The largest absolute Gasteiger partial charge is 0.497 e. The van der Waals surface area contributed by atoms with Gasteiger partial charge in [-0.05, 0) is 36.5 Å². The monoisotopic (exact) mass is 192 g/mol. The van der Waals surface area contributed by atoms with Gasteiger partial charge in [0.25, 0.3) is 0 Å². The maximum absolute atomic E-state index is 10.2. The smallest absolute Gasteiger partial charge is 0.118 e. The molecular formula is C12H16O2. The van der Waals surface area contributed by atoms with Gasteiger partial charge in [-0.25, -0.2) is 0 Å². The van der Waals surface area contributed by atoms with Gasteiger partial charge in [0, 0.05) is 0 Å². The van der Waals surface area contributed by atoms with E-state index in [0.717, 1.165) is 24.2 Å². The molecule has 14 heavy (non-hydrogen) atoms. The van der Waals surface area contributed by atoms with Gasteiger partial charge in [0.05, 0.1) is 12.7 Å². The van der Waals surface area contributed by atoms with Crippen LogP contribution in [0.5, 0.6) is 5.75 Å². The number of methoxy groups -OCH3 is 1. The Bertz CT molecular complexity index is 310. The Kier molecular flexibility index (Phi) is 2.23. The minimum absolute atomic E-state index is 0.578. The predicted molar refractivity (Wildman–Crippen MR) is 55.3 cm³/mol. The fourth-order valence-electron chi connectivity index (χ4n) is 2.23. The van der Waals surface area contributed by atoms with Gasteiger partial charge in [0.15, 0.2) is 0 Å². The molecule has 0 bridgehead atoms. The zero-order valence-electron chi connectivity index (χ0n) is 8.66. The van der Waals surface area contributed by atoms with Gasteiger partial charge >= 0.3 is 0 Å². The van der Waals surface area contributed by atoms with Crippen LogP contribution >= 0.6 is 0 Å². The van der Waals surface area contributed by atoms with Crippen molar-refractivity contribution in [2.45, 2.75) is 25.4 Å². The number of hydrogen-bond acceptors (Lipinski definition) is 2. The van der Waals surface area contributed by atoms with E-state index >= 15 is 0 Å². The van der Waals surface area contributed by atoms with Crippen molar-refractivity contribution in [3.8, 4) is 5.75 Å². The van der Waals surface area contributed by atoms with Crippen molar-refractivity contribution in [1.82, 2.24) is 0 Å². The molecule has 1 aliphatic carbocycles. The molecule has 1 fully saturated rings. The molecule has 0 atom stereocenters. The van der Waals surface area contributed by atoms with Gasteiger partial charge in [0.1, 0.15) is 5.75 Å². The summed E-state index contributed by atoms with van der Waals surface area (Å²) in [6.45, 7) is 2.16. The van der Waals surface area contributed by atoms with Crippen LogP contribution in [-0.4, -0.2) is 12.2 Å². The lowest BCUT2D eigenvalue weighted by atomic mass is 9.68. The summed E-state index contributed by atoms with van der Waals surface area (Å²) in [5.41, 5.74) is 0.433. The van der Waals surface area contributed by atoms with Crippen LogP contribution in [0.25, 0.3) is 0 Å². The Hall–Kier alpha value is -1.02. The first kappa shape index (κ1) is 9.53. The van der Waals surface area contributed by atoms with E-state index in [2.05, 4.69) is 6.92 Å². The zero-order valence-corrected chi connectivity index (χ0v) is 8.66. The number of aliphatic hydroxyl groups is 1. The Morgan fingerprint density at radius 3 is 2.29 bits per heavy atom. The number of ether oxygens (including phenoxy) is 1. The summed E-state index contributed by atoms with van der Waals surface area (Å²) >= 11 is 0. The zero-order chi connectivity index (χ0) is 10.2. The van der Waals surface area contributed by atoms with Crippen molar-refractivity contribution >= 4 is 0 Å². The number of benzene rings is 1. The lowest BCUT2D eigenvalue weighted by Gasteiger charge is -2.42. The second-order valence-corrected chi connectivity index (χ2v) is 4.27. The van der Waals surface area contributed by atoms with Gasteiger partial charge in [-0.15, -0.1) is 0 Å². The number of hydrogen-bond donors (Lipinski definition) is 1. The molecular weight excluding hydrogens is 176 g/mol. The quantitative estimate of drug-likeness (QED) is 0.779. The molecule has 0 amide bonds. The van der Waals surface area contributed by atoms with Crippen LogP contribution in [0.3, 0.4) is 0 Å². The van der Waals surface area contributed by atoms with Crippen molar-refractivity contribution in [3.05, 3.63) is 29.8 Å².